The van der Waals surface area contributed by atoms with Crippen LogP contribution in [0.3, 0.4) is 0 Å². The second-order valence-corrected chi connectivity index (χ2v) is 4.68. The van der Waals surface area contributed by atoms with E-state index in [-0.39, 0.29) is 0 Å². The summed E-state index contributed by atoms with van der Waals surface area (Å²) < 4.78 is 0. The summed E-state index contributed by atoms with van der Waals surface area (Å²) in [6.07, 6.45) is -0.518. The van der Waals surface area contributed by atoms with Crippen LogP contribution < -0.4 is 11.1 Å². The van der Waals surface area contributed by atoms with Crippen molar-refractivity contribution in [1.29, 1.82) is 0 Å². The number of carbonyl (C=O) groups excluding carboxylic acids is 1. The summed E-state index contributed by atoms with van der Waals surface area (Å²) >= 11 is 0. The molecule has 4 nitrogen and oxygen atoms in total. The summed E-state index contributed by atoms with van der Waals surface area (Å²) in [5, 5.41) is 13.0. The molecule has 2 aromatic carbocycles. The first kappa shape index (κ1) is 14.1. The van der Waals surface area contributed by atoms with E-state index in [1.54, 1.807) is 19.1 Å². The lowest BCUT2D eigenvalue weighted by Crippen LogP contribution is -2.11. The second kappa shape index (κ2) is 6.21. The first-order valence-corrected chi connectivity index (χ1v) is 6.47. The van der Waals surface area contributed by atoms with Crippen LogP contribution in [0.5, 0.6) is 0 Å². The SMILES string of the molecule is CC(O)c1ccccc1NCc1ccc(C(N)=O)cc1. The molecule has 4 N–H and O–H groups in total. The van der Waals surface area contributed by atoms with Crippen LogP contribution in [0.2, 0.25) is 0 Å². The number of nitrogens with two attached hydrogens (primary N) is 1. The first-order valence-electron chi connectivity index (χ1n) is 6.47. The van der Waals surface area contributed by atoms with E-state index in [2.05, 4.69) is 5.32 Å². The summed E-state index contributed by atoms with van der Waals surface area (Å²) in [4.78, 5) is 11.0. The number of benzene rings is 2. The van der Waals surface area contributed by atoms with Gasteiger partial charge in [0.1, 0.15) is 0 Å². The standard InChI is InChI=1S/C16H18N2O2/c1-11(19)14-4-2-3-5-15(14)18-10-12-6-8-13(9-7-12)16(17)20/h2-9,11,18-19H,10H2,1H3,(H2,17,20). The molecule has 0 saturated carbocycles. The van der Waals surface area contributed by atoms with Crippen LogP contribution >= 0.6 is 0 Å². The summed E-state index contributed by atoms with van der Waals surface area (Å²) in [5.41, 5.74) is 8.50. The van der Waals surface area contributed by atoms with E-state index in [4.69, 9.17) is 5.73 Å². The highest BCUT2D eigenvalue weighted by atomic mass is 16.3. The number of aliphatic hydroxyl groups is 1. The molecule has 1 amide bonds. The Morgan fingerprint density at radius 1 is 1.20 bits per heavy atom. The Labute approximate surface area is 118 Å². The van der Waals surface area contributed by atoms with E-state index >= 15 is 0 Å². The first-order chi connectivity index (χ1) is 9.58. The molecule has 0 bridgehead atoms. The third-order valence-corrected chi connectivity index (χ3v) is 3.13. The van der Waals surface area contributed by atoms with E-state index in [1.807, 2.05) is 36.4 Å². The fourth-order valence-corrected chi connectivity index (χ4v) is 2.01. The van der Waals surface area contributed by atoms with Gasteiger partial charge in [-0.05, 0) is 30.7 Å². The number of amides is 1. The third kappa shape index (κ3) is 3.36. The normalized spacial score (nSPS) is 11.9. The van der Waals surface area contributed by atoms with Crippen molar-refractivity contribution in [3.8, 4) is 0 Å². The van der Waals surface area contributed by atoms with Gasteiger partial charge in [0, 0.05) is 23.4 Å². The van der Waals surface area contributed by atoms with Crippen molar-refractivity contribution in [2.75, 3.05) is 5.32 Å². The van der Waals surface area contributed by atoms with E-state index in [1.165, 1.54) is 0 Å². The van der Waals surface area contributed by atoms with E-state index in [0.29, 0.717) is 12.1 Å². The summed E-state index contributed by atoms with van der Waals surface area (Å²) in [5.74, 6) is -0.427. The maximum absolute atomic E-state index is 11.0. The van der Waals surface area contributed by atoms with Crippen LogP contribution in [0.25, 0.3) is 0 Å². The number of para-hydroxylation sites is 1. The van der Waals surface area contributed by atoms with Crippen molar-refractivity contribution in [3.63, 3.8) is 0 Å². The second-order valence-electron chi connectivity index (χ2n) is 4.68. The van der Waals surface area contributed by atoms with Gasteiger partial charge < -0.3 is 16.2 Å². The predicted octanol–water partition coefficient (Wildman–Crippen LogP) is 2.45. The highest BCUT2D eigenvalue weighted by Crippen LogP contribution is 2.22. The Balaban J connectivity index is 2.07. The number of anilines is 1. The fraction of sp³-hybridized carbons (Fsp3) is 0.188. The van der Waals surface area contributed by atoms with Gasteiger partial charge in [-0.3, -0.25) is 4.79 Å². The van der Waals surface area contributed by atoms with Gasteiger partial charge in [-0.15, -0.1) is 0 Å². The summed E-state index contributed by atoms with van der Waals surface area (Å²) in [6, 6.07) is 14.8. The molecule has 1 unspecified atom stereocenters. The molecule has 2 rings (SSSR count). The van der Waals surface area contributed by atoms with Crippen molar-refractivity contribution >= 4 is 11.6 Å². The Morgan fingerprint density at radius 2 is 1.85 bits per heavy atom. The molecular weight excluding hydrogens is 252 g/mol. The smallest absolute Gasteiger partial charge is 0.248 e. The quantitative estimate of drug-likeness (QED) is 0.781. The van der Waals surface area contributed by atoms with Crippen LogP contribution in [0.4, 0.5) is 5.69 Å². The Kier molecular flexibility index (Phi) is 4.38. The van der Waals surface area contributed by atoms with Crippen LogP contribution in [-0.4, -0.2) is 11.0 Å². The summed E-state index contributed by atoms with van der Waals surface area (Å²) in [6.45, 7) is 2.35. The number of rotatable bonds is 5. The zero-order valence-corrected chi connectivity index (χ0v) is 11.3. The van der Waals surface area contributed by atoms with Gasteiger partial charge in [0.15, 0.2) is 0 Å². The van der Waals surface area contributed by atoms with Gasteiger partial charge in [0.2, 0.25) is 5.91 Å². The number of hydrogen-bond acceptors (Lipinski definition) is 3. The summed E-state index contributed by atoms with van der Waals surface area (Å²) in [7, 11) is 0. The number of carbonyl (C=O) groups is 1. The maximum Gasteiger partial charge on any atom is 0.248 e. The Bertz CT molecular complexity index is 592. The molecule has 2 aromatic rings. The van der Waals surface area contributed by atoms with Crippen LogP contribution in [0.1, 0.15) is 34.5 Å². The van der Waals surface area contributed by atoms with E-state index in [9.17, 15) is 9.90 Å². The average molecular weight is 270 g/mol. The monoisotopic (exact) mass is 270 g/mol. The molecule has 0 heterocycles. The number of nitrogens with one attached hydrogen (secondary N) is 1. The van der Waals surface area contributed by atoms with Crippen molar-refractivity contribution in [2.45, 2.75) is 19.6 Å². The minimum Gasteiger partial charge on any atom is -0.389 e. The molecule has 0 aliphatic heterocycles. The third-order valence-electron chi connectivity index (χ3n) is 3.13. The molecule has 20 heavy (non-hydrogen) atoms. The Hall–Kier alpha value is -2.33. The van der Waals surface area contributed by atoms with Crippen LogP contribution in [0, 0.1) is 0 Å². The van der Waals surface area contributed by atoms with Crippen LogP contribution in [0.15, 0.2) is 48.5 Å². The van der Waals surface area contributed by atoms with Crippen LogP contribution in [-0.2, 0) is 6.54 Å². The van der Waals surface area contributed by atoms with Gasteiger partial charge in [0.25, 0.3) is 0 Å². The van der Waals surface area contributed by atoms with Gasteiger partial charge in [-0.2, -0.15) is 0 Å². The molecular formula is C16H18N2O2. The molecule has 0 spiro atoms. The minimum atomic E-state index is -0.518. The molecule has 104 valence electrons. The Morgan fingerprint density at radius 3 is 2.45 bits per heavy atom. The number of aliphatic hydroxyl groups excluding tert-OH is 1. The largest absolute Gasteiger partial charge is 0.389 e. The molecule has 0 fully saturated rings. The molecule has 0 aliphatic carbocycles. The van der Waals surface area contributed by atoms with E-state index in [0.717, 1.165) is 16.8 Å². The molecule has 1 atom stereocenters. The number of hydrogen-bond donors (Lipinski definition) is 3. The van der Waals surface area contributed by atoms with Crippen molar-refractivity contribution < 1.29 is 9.90 Å². The van der Waals surface area contributed by atoms with Gasteiger partial charge >= 0.3 is 0 Å². The molecule has 0 aliphatic rings. The lowest BCUT2D eigenvalue weighted by Gasteiger charge is -2.14. The van der Waals surface area contributed by atoms with Gasteiger partial charge in [-0.1, -0.05) is 30.3 Å². The highest BCUT2D eigenvalue weighted by molar-refractivity contribution is 5.92. The molecule has 4 heteroatoms. The van der Waals surface area contributed by atoms with Gasteiger partial charge in [0.05, 0.1) is 6.10 Å². The highest BCUT2D eigenvalue weighted by Gasteiger charge is 2.06. The lowest BCUT2D eigenvalue weighted by molar-refractivity contribution is 0.100. The molecule has 0 aromatic heterocycles. The predicted molar refractivity (Wildman–Crippen MR) is 79.4 cm³/mol. The van der Waals surface area contributed by atoms with E-state index < -0.39 is 12.0 Å². The van der Waals surface area contributed by atoms with Gasteiger partial charge in [-0.25, -0.2) is 0 Å². The lowest BCUT2D eigenvalue weighted by atomic mass is 10.1. The maximum atomic E-state index is 11.0. The molecule has 0 radical (unpaired) electrons. The zero-order valence-electron chi connectivity index (χ0n) is 11.3. The topological polar surface area (TPSA) is 75.3 Å². The van der Waals surface area contributed by atoms with Crippen molar-refractivity contribution in [3.05, 3.63) is 65.2 Å². The number of primary amides is 1. The minimum absolute atomic E-state index is 0.427. The fourth-order valence-electron chi connectivity index (χ4n) is 2.01. The average Bonchev–Trinajstić information content (AvgIpc) is 2.45. The van der Waals surface area contributed by atoms with Crippen molar-refractivity contribution in [2.24, 2.45) is 5.73 Å². The van der Waals surface area contributed by atoms with Crippen molar-refractivity contribution in [1.82, 2.24) is 0 Å². The zero-order chi connectivity index (χ0) is 14.5. The molecule has 0 saturated heterocycles.